The summed E-state index contributed by atoms with van der Waals surface area (Å²) < 4.78 is 5.42. The molecule has 2 rings (SSSR count). The summed E-state index contributed by atoms with van der Waals surface area (Å²) in [6.45, 7) is 6.69. The number of unbranched alkanes of at least 4 members (excludes halogenated alkanes) is 1. The lowest BCUT2D eigenvalue weighted by Crippen LogP contribution is -2.42. The first-order valence-electron chi connectivity index (χ1n) is 8.08. The second kappa shape index (κ2) is 7.49. The van der Waals surface area contributed by atoms with Crippen LogP contribution >= 0.6 is 0 Å². The molecule has 2 saturated heterocycles. The fraction of sp³-hybridized carbons (Fsp3) is 1.00. The van der Waals surface area contributed by atoms with Crippen molar-refractivity contribution < 1.29 is 4.74 Å². The maximum atomic E-state index is 5.42. The van der Waals surface area contributed by atoms with Crippen molar-refractivity contribution in [2.24, 2.45) is 11.8 Å². The molecule has 2 fully saturated rings. The van der Waals surface area contributed by atoms with Crippen LogP contribution in [0.25, 0.3) is 0 Å². The molecular formula is C16H31NO. The first kappa shape index (κ1) is 14.3. The monoisotopic (exact) mass is 253 g/mol. The normalized spacial score (nSPS) is 34.7. The molecule has 106 valence electrons. The average molecular weight is 253 g/mol. The Kier molecular flexibility index (Phi) is 5.97. The van der Waals surface area contributed by atoms with Gasteiger partial charge in [0.2, 0.25) is 0 Å². The van der Waals surface area contributed by atoms with Crippen molar-refractivity contribution in [2.45, 2.75) is 77.3 Å². The van der Waals surface area contributed by atoms with E-state index in [1.54, 1.807) is 0 Å². The van der Waals surface area contributed by atoms with Crippen molar-refractivity contribution in [1.82, 2.24) is 5.32 Å². The molecular weight excluding hydrogens is 222 g/mol. The summed E-state index contributed by atoms with van der Waals surface area (Å²) in [5, 5.41) is 3.64. The quantitative estimate of drug-likeness (QED) is 0.753. The number of hydrogen-bond donors (Lipinski definition) is 1. The van der Waals surface area contributed by atoms with E-state index in [0.29, 0.717) is 0 Å². The zero-order chi connectivity index (χ0) is 12.8. The Labute approximate surface area is 113 Å². The number of nitrogens with one attached hydrogen (secondary N) is 1. The number of piperidine rings is 1. The molecule has 0 amide bonds. The van der Waals surface area contributed by atoms with Crippen molar-refractivity contribution >= 4 is 0 Å². The maximum absolute atomic E-state index is 5.42. The van der Waals surface area contributed by atoms with Gasteiger partial charge >= 0.3 is 0 Å². The Morgan fingerprint density at radius 1 is 0.889 bits per heavy atom. The first-order chi connectivity index (χ1) is 8.74. The second-order valence-electron chi connectivity index (χ2n) is 6.65. The predicted molar refractivity (Wildman–Crippen MR) is 76.8 cm³/mol. The van der Waals surface area contributed by atoms with Crippen LogP contribution in [0.2, 0.25) is 0 Å². The first-order valence-corrected chi connectivity index (χ1v) is 8.08. The highest BCUT2D eigenvalue weighted by Crippen LogP contribution is 2.27. The third-order valence-electron chi connectivity index (χ3n) is 4.76. The Balaban J connectivity index is 1.54. The SMILES string of the molecule is CC1CC(CCCCC2CCOCC2)CC(C)N1. The molecule has 0 saturated carbocycles. The molecule has 1 N–H and O–H groups in total. The van der Waals surface area contributed by atoms with Gasteiger partial charge in [0.1, 0.15) is 0 Å². The molecule has 0 aliphatic carbocycles. The molecule has 0 aromatic rings. The van der Waals surface area contributed by atoms with Gasteiger partial charge in [-0.2, -0.15) is 0 Å². The summed E-state index contributed by atoms with van der Waals surface area (Å²) >= 11 is 0. The second-order valence-corrected chi connectivity index (χ2v) is 6.65. The number of hydrogen-bond acceptors (Lipinski definition) is 2. The summed E-state index contributed by atoms with van der Waals surface area (Å²) in [7, 11) is 0. The molecule has 2 aliphatic rings. The van der Waals surface area contributed by atoms with E-state index in [2.05, 4.69) is 19.2 Å². The van der Waals surface area contributed by atoms with Crippen LogP contribution in [-0.2, 0) is 4.74 Å². The van der Waals surface area contributed by atoms with Crippen LogP contribution in [0.3, 0.4) is 0 Å². The van der Waals surface area contributed by atoms with Gasteiger partial charge in [0, 0.05) is 25.3 Å². The minimum absolute atomic E-state index is 0.731. The third kappa shape index (κ3) is 4.89. The Morgan fingerprint density at radius 3 is 2.06 bits per heavy atom. The van der Waals surface area contributed by atoms with Crippen molar-refractivity contribution in [3.63, 3.8) is 0 Å². The highest BCUT2D eigenvalue weighted by molar-refractivity contribution is 4.80. The standard InChI is InChI=1S/C16H31NO/c1-13-11-16(12-14(2)17-13)6-4-3-5-15-7-9-18-10-8-15/h13-17H,3-12H2,1-2H3. The van der Waals surface area contributed by atoms with Crippen molar-refractivity contribution in [2.75, 3.05) is 13.2 Å². The lowest BCUT2D eigenvalue weighted by molar-refractivity contribution is 0.0629. The molecule has 2 atom stereocenters. The van der Waals surface area contributed by atoms with E-state index in [4.69, 9.17) is 4.74 Å². The van der Waals surface area contributed by atoms with E-state index in [1.807, 2.05) is 0 Å². The third-order valence-corrected chi connectivity index (χ3v) is 4.76. The molecule has 18 heavy (non-hydrogen) atoms. The fourth-order valence-electron chi connectivity index (χ4n) is 3.85. The van der Waals surface area contributed by atoms with Crippen LogP contribution in [0.15, 0.2) is 0 Å². The lowest BCUT2D eigenvalue weighted by atomic mass is 9.84. The number of ether oxygens (including phenoxy) is 1. The van der Waals surface area contributed by atoms with Gasteiger partial charge in [0.25, 0.3) is 0 Å². The topological polar surface area (TPSA) is 21.3 Å². The maximum Gasteiger partial charge on any atom is 0.0468 e. The smallest absolute Gasteiger partial charge is 0.0468 e. The summed E-state index contributed by atoms with van der Waals surface area (Å²) in [6, 6.07) is 1.46. The van der Waals surface area contributed by atoms with Crippen LogP contribution in [0.5, 0.6) is 0 Å². The molecule has 2 nitrogen and oxygen atoms in total. The van der Waals surface area contributed by atoms with Crippen LogP contribution in [0.1, 0.15) is 65.2 Å². The van der Waals surface area contributed by atoms with E-state index in [9.17, 15) is 0 Å². The van der Waals surface area contributed by atoms with Gasteiger partial charge in [-0.05, 0) is 51.4 Å². The Hall–Kier alpha value is -0.0800. The summed E-state index contributed by atoms with van der Waals surface area (Å²) in [6.07, 6.45) is 11.2. The Morgan fingerprint density at radius 2 is 1.44 bits per heavy atom. The van der Waals surface area contributed by atoms with Crippen LogP contribution < -0.4 is 5.32 Å². The minimum atomic E-state index is 0.731. The van der Waals surface area contributed by atoms with E-state index in [-0.39, 0.29) is 0 Å². The lowest BCUT2D eigenvalue weighted by Gasteiger charge is -2.33. The molecule has 0 aromatic heterocycles. The molecule has 2 heteroatoms. The fourth-order valence-corrected chi connectivity index (χ4v) is 3.85. The molecule has 0 radical (unpaired) electrons. The van der Waals surface area contributed by atoms with Crippen LogP contribution in [0, 0.1) is 11.8 Å². The minimum Gasteiger partial charge on any atom is -0.381 e. The van der Waals surface area contributed by atoms with Crippen molar-refractivity contribution in [3.05, 3.63) is 0 Å². The van der Waals surface area contributed by atoms with E-state index >= 15 is 0 Å². The number of rotatable bonds is 5. The van der Waals surface area contributed by atoms with Gasteiger partial charge in [0.15, 0.2) is 0 Å². The summed E-state index contributed by atoms with van der Waals surface area (Å²) in [5.74, 6) is 1.94. The highest BCUT2D eigenvalue weighted by atomic mass is 16.5. The van der Waals surface area contributed by atoms with Gasteiger partial charge in [-0.15, -0.1) is 0 Å². The summed E-state index contributed by atoms with van der Waals surface area (Å²) in [4.78, 5) is 0. The van der Waals surface area contributed by atoms with Gasteiger partial charge in [0.05, 0.1) is 0 Å². The van der Waals surface area contributed by atoms with E-state index < -0.39 is 0 Å². The molecule has 0 spiro atoms. The average Bonchev–Trinajstić information content (AvgIpc) is 2.35. The van der Waals surface area contributed by atoms with E-state index in [1.165, 1.54) is 51.4 Å². The molecule has 2 aliphatic heterocycles. The molecule has 0 bridgehead atoms. The Bertz CT molecular complexity index is 215. The van der Waals surface area contributed by atoms with Crippen molar-refractivity contribution in [3.8, 4) is 0 Å². The molecule has 0 aromatic carbocycles. The van der Waals surface area contributed by atoms with Gasteiger partial charge in [-0.3, -0.25) is 0 Å². The van der Waals surface area contributed by atoms with Gasteiger partial charge in [-0.1, -0.05) is 25.7 Å². The van der Waals surface area contributed by atoms with Crippen LogP contribution in [0.4, 0.5) is 0 Å². The van der Waals surface area contributed by atoms with E-state index in [0.717, 1.165) is 37.1 Å². The molecule has 2 unspecified atom stereocenters. The van der Waals surface area contributed by atoms with Crippen molar-refractivity contribution in [1.29, 1.82) is 0 Å². The zero-order valence-electron chi connectivity index (χ0n) is 12.3. The summed E-state index contributed by atoms with van der Waals surface area (Å²) in [5.41, 5.74) is 0. The van der Waals surface area contributed by atoms with Crippen LogP contribution in [-0.4, -0.2) is 25.3 Å². The molecule has 2 heterocycles. The predicted octanol–water partition coefficient (Wildman–Crippen LogP) is 3.75. The zero-order valence-corrected chi connectivity index (χ0v) is 12.3. The van der Waals surface area contributed by atoms with Gasteiger partial charge < -0.3 is 10.1 Å². The van der Waals surface area contributed by atoms with Gasteiger partial charge in [-0.25, -0.2) is 0 Å². The largest absolute Gasteiger partial charge is 0.381 e. The highest BCUT2D eigenvalue weighted by Gasteiger charge is 2.22.